The lowest BCUT2D eigenvalue weighted by atomic mass is 9.80. The van der Waals surface area contributed by atoms with Gasteiger partial charge in [0.15, 0.2) is 0 Å². The standard InChI is InChI=1S/C29H26F3N5O2/c1-3-36-27-23(17(2)35-37(27)20-12-5-4-6-13-20)24(21-14-7-8-15-22(21)33)25(28(36)39)34-26(38)18-10-9-11-19(16-18)29(30,31)32/h4-16,24-25H,3,33H2,1-2H3,(H,34,38)/t24-,25+/m0/s1. The van der Waals surface area contributed by atoms with Crippen molar-refractivity contribution in [2.24, 2.45) is 0 Å². The first-order valence-corrected chi connectivity index (χ1v) is 12.4. The van der Waals surface area contributed by atoms with Gasteiger partial charge in [-0.05, 0) is 55.8 Å². The zero-order valence-corrected chi connectivity index (χ0v) is 21.2. The lowest BCUT2D eigenvalue weighted by Gasteiger charge is -2.38. The molecule has 4 aromatic rings. The molecule has 2 atom stereocenters. The number of nitrogens with one attached hydrogen (secondary N) is 1. The van der Waals surface area contributed by atoms with Crippen molar-refractivity contribution in [3.63, 3.8) is 0 Å². The van der Waals surface area contributed by atoms with E-state index in [0.717, 1.165) is 23.9 Å². The lowest BCUT2D eigenvalue weighted by molar-refractivity contribution is -0.137. The highest BCUT2D eigenvalue weighted by molar-refractivity contribution is 6.05. The molecule has 2 heterocycles. The molecule has 0 bridgehead atoms. The molecule has 2 amide bonds. The quantitative estimate of drug-likeness (QED) is 0.350. The molecule has 1 aliphatic heterocycles. The number of aryl methyl sites for hydroxylation is 1. The van der Waals surface area contributed by atoms with E-state index in [-0.39, 0.29) is 12.1 Å². The van der Waals surface area contributed by atoms with E-state index in [1.165, 1.54) is 11.0 Å². The Kier molecular flexibility index (Phi) is 6.63. The zero-order chi connectivity index (χ0) is 27.9. The van der Waals surface area contributed by atoms with E-state index in [1.807, 2.05) is 44.2 Å². The minimum atomic E-state index is -4.62. The van der Waals surface area contributed by atoms with Gasteiger partial charge in [-0.25, -0.2) is 4.68 Å². The van der Waals surface area contributed by atoms with E-state index in [0.29, 0.717) is 28.3 Å². The first-order chi connectivity index (χ1) is 18.6. The Labute approximate surface area is 223 Å². The molecule has 7 nitrogen and oxygen atoms in total. The van der Waals surface area contributed by atoms with E-state index in [1.54, 1.807) is 28.9 Å². The Morgan fingerprint density at radius 2 is 1.72 bits per heavy atom. The second-order valence-electron chi connectivity index (χ2n) is 9.29. The van der Waals surface area contributed by atoms with Crippen LogP contribution in [0.1, 0.15) is 45.6 Å². The van der Waals surface area contributed by atoms with Crippen LogP contribution in [0.2, 0.25) is 0 Å². The van der Waals surface area contributed by atoms with Crippen LogP contribution < -0.4 is 16.0 Å². The number of fused-ring (bicyclic) bond motifs is 1. The molecular weight excluding hydrogens is 507 g/mol. The molecule has 0 unspecified atom stereocenters. The number of carbonyl (C=O) groups excluding carboxylic acids is 2. The van der Waals surface area contributed by atoms with Gasteiger partial charge in [-0.2, -0.15) is 18.3 Å². The van der Waals surface area contributed by atoms with Crippen LogP contribution in [0.25, 0.3) is 5.69 Å². The first kappa shape index (κ1) is 26.0. The number of aromatic nitrogens is 2. The van der Waals surface area contributed by atoms with Gasteiger partial charge < -0.3 is 11.1 Å². The van der Waals surface area contributed by atoms with Crippen molar-refractivity contribution in [1.29, 1.82) is 0 Å². The molecule has 1 aromatic heterocycles. The predicted octanol–water partition coefficient (Wildman–Crippen LogP) is 5.08. The van der Waals surface area contributed by atoms with Crippen LogP contribution in [-0.2, 0) is 11.0 Å². The van der Waals surface area contributed by atoms with E-state index in [9.17, 15) is 22.8 Å². The summed E-state index contributed by atoms with van der Waals surface area (Å²) in [7, 11) is 0. The molecule has 1 aliphatic rings. The number of likely N-dealkylation sites (N-methyl/N-ethyl adjacent to an activating group) is 1. The van der Waals surface area contributed by atoms with E-state index >= 15 is 0 Å². The van der Waals surface area contributed by atoms with Crippen molar-refractivity contribution in [2.75, 3.05) is 17.2 Å². The second kappa shape index (κ2) is 9.94. The minimum Gasteiger partial charge on any atom is -0.398 e. The number of nitrogens with two attached hydrogens (primary N) is 1. The van der Waals surface area contributed by atoms with Crippen LogP contribution in [0.4, 0.5) is 24.7 Å². The number of para-hydroxylation sites is 2. The van der Waals surface area contributed by atoms with Gasteiger partial charge in [0.25, 0.3) is 11.8 Å². The van der Waals surface area contributed by atoms with Crippen LogP contribution in [-0.4, -0.2) is 34.2 Å². The second-order valence-corrected chi connectivity index (χ2v) is 9.29. The number of hydrogen-bond donors (Lipinski definition) is 2. The summed E-state index contributed by atoms with van der Waals surface area (Å²) >= 11 is 0. The number of carbonyl (C=O) groups is 2. The maximum Gasteiger partial charge on any atom is 0.416 e. The monoisotopic (exact) mass is 533 g/mol. The van der Waals surface area contributed by atoms with Crippen LogP contribution in [0, 0.1) is 6.92 Å². The largest absolute Gasteiger partial charge is 0.416 e. The normalized spacial score (nSPS) is 17.2. The third-order valence-corrected chi connectivity index (χ3v) is 6.90. The smallest absolute Gasteiger partial charge is 0.398 e. The molecule has 0 spiro atoms. The summed E-state index contributed by atoms with van der Waals surface area (Å²) in [6.45, 7) is 3.90. The van der Waals surface area contributed by atoms with Gasteiger partial charge >= 0.3 is 6.18 Å². The van der Waals surface area contributed by atoms with E-state index in [4.69, 9.17) is 10.8 Å². The average Bonchev–Trinajstić information content (AvgIpc) is 3.26. The Morgan fingerprint density at radius 1 is 1.03 bits per heavy atom. The summed E-state index contributed by atoms with van der Waals surface area (Å²) in [6, 6.07) is 19.4. The van der Waals surface area contributed by atoms with Gasteiger partial charge in [0.1, 0.15) is 11.9 Å². The Balaban J connectivity index is 1.67. The number of benzene rings is 3. The first-order valence-electron chi connectivity index (χ1n) is 12.4. The summed E-state index contributed by atoms with van der Waals surface area (Å²) < 4.78 is 41.6. The van der Waals surface area contributed by atoms with Crippen molar-refractivity contribution in [3.05, 3.63) is 107 Å². The lowest BCUT2D eigenvalue weighted by Crippen LogP contribution is -2.55. The number of alkyl halides is 3. The van der Waals surface area contributed by atoms with Crippen LogP contribution in [0.3, 0.4) is 0 Å². The highest BCUT2D eigenvalue weighted by Crippen LogP contribution is 2.44. The van der Waals surface area contributed by atoms with Crippen LogP contribution >= 0.6 is 0 Å². The molecule has 200 valence electrons. The molecule has 10 heteroatoms. The number of hydrogen-bond acceptors (Lipinski definition) is 4. The highest BCUT2D eigenvalue weighted by Gasteiger charge is 2.46. The average molecular weight is 534 g/mol. The topological polar surface area (TPSA) is 93.2 Å². The van der Waals surface area contributed by atoms with Gasteiger partial charge in [-0.3, -0.25) is 14.5 Å². The third kappa shape index (κ3) is 4.62. The molecular formula is C29H26F3N5O2. The number of rotatable bonds is 5. The number of amides is 2. The molecule has 0 aliphatic carbocycles. The Bertz CT molecular complexity index is 1550. The maximum absolute atomic E-state index is 14.0. The fourth-order valence-electron chi connectivity index (χ4n) is 5.12. The molecule has 3 N–H and O–H groups in total. The SMILES string of the molecule is CCN1C(=O)[C@H](NC(=O)c2cccc(C(F)(F)F)c2)[C@@H](c2ccccc2N)c2c(C)nn(-c3ccccc3)c21. The van der Waals surface area contributed by atoms with Gasteiger partial charge in [0, 0.05) is 29.3 Å². The van der Waals surface area contributed by atoms with Crippen molar-refractivity contribution in [1.82, 2.24) is 15.1 Å². The number of anilines is 2. The molecule has 0 fully saturated rings. The van der Waals surface area contributed by atoms with Crippen LogP contribution in [0.5, 0.6) is 0 Å². The molecule has 0 saturated heterocycles. The highest BCUT2D eigenvalue weighted by atomic mass is 19.4. The summed E-state index contributed by atoms with van der Waals surface area (Å²) in [5, 5.41) is 7.49. The van der Waals surface area contributed by atoms with Gasteiger partial charge in [-0.15, -0.1) is 0 Å². The molecule has 0 saturated carbocycles. The summed E-state index contributed by atoms with van der Waals surface area (Å²) in [5.74, 6) is -1.39. The fraction of sp³-hybridized carbons (Fsp3) is 0.207. The predicted molar refractivity (Wildman–Crippen MR) is 142 cm³/mol. The van der Waals surface area contributed by atoms with Crippen molar-refractivity contribution in [3.8, 4) is 5.69 Å². The molecule has 5 rings (SSSR count). The molecule has 39 heavy (non-hydrogen) atoms. The minimum absolute atomic E-state index is 0.206. The third-order valence-electron chi connectivity index (χ3n) is 6.90. The van der Waals surface area contributed by atoms with Crippen molar-refractivity contribution < 1.29 is 22.8 Å². The van der Waals surface area contributed by atoms with E-state index < -0.39 is 35.5 Å². The number of nitrogen functional groups attached to an aromatic ring is 1. The fourth-order valence-corrected chi connectivity index (χ4v) is 5.12. The van der Waals surface area contributed by atoms with Gasteiger partial charge in [0.05, 0.1) is 16.9 Å². The Hall–Kier alpha value is -4.60. The van der Waals surface area contributed by atoms with Crippen LogP contribution in [0.15, 0.2) is 78.9 Å². The van der Waals surface area contributed by atoms with E-state index in [2.05, 4.69) is 5.32 Å². The van der Waals surface area contributed by atoms with Crippen molar-refractivity contribution in [2.45, 2.75) is 32.0 Å². The maximum atomic E-state index is 14.0. The zero-order valence-electron chi connectivity index (χ0n) is 21.2. The number of nitrogens with zero attached hydrogens (tertiary/aromatic N) is 3. The van der Waals surface area contributed by atoms with Gasteiger partial charge in [0.2, 0.25) is 0 Å². The molecule has 0 radical (unpaired) electrons. The molecule has 3 aromatic carbocycles. The number of halogens is 3. The summed E-state index contributed by atoms with van der Waals surface area (Å²) in [4.78, 5) is 28.9. The summed E-state index contributed by atoms with van der Waals surface area (Å²) in [6.07, 6.45) is -4.62. The summed E-state index contributed by atoms with van der Waals surface area (Å²) in [5.41, 5.74) is 8.31. The van der Waals surface area contributed by atoms with Gasteiger partial charge in [-0.1, -0.05) is 42.5 Å². The van der Waals surface area contributed by atoms with Crippen molar-refractivity contribution >= 4 is 23.3 Å². The Morgan fingerprint density at radius 3 is 2.38 bits per heavy atom.